The number of allylic oxidation sites excluding steroid dienone is 1. The third-order valence-electron chi connectivity index (χ3n) is 6.72. The van der Waals surface area contributed by atoms with Crippen LogP contribution in [0.5, 0.6) is 0 Å². The predicted molar refractivity (Wildman–Crippen MR) is 97.8 cm³/mol. The Morgan fingerprint density at radius 3 is 2.41 bits per heavy atom. The highest BCUT2D eigenvalue weighted by Crippen LogP contribution is 2.48. The molecule has 2 fully saturated rings. The van der Waals surface area contributed by atoms with Crippen LogP contribution in [0.2, 0.25) is 18.0 Å². The number of fused-ring (bicyclic) bond motifs is 3. The zero-order chi connectivity index (χ0) is 14.8. The van der Waals surface area contributed by atoms with Gasteiger partial charge in [0.1, 0.15) is 6.71 Å². The van der Waals surface area contributed by atoms with Crippen LogP contribution < -0.4 is 0 Å². The van der Waals surface area contributed by atoms with Crippen LogP contribution in [-0.4, -0.2) is 6.71 Å². The fraction of sp³-hybridized carbons (Fsp3) is 0.619. The summed E-state index contributed by atoms with van der Waals surface area (Å²) in [5.41, 5.74) is 3.02. The largest absolute Gasteiger partial charge is 0.146 e. The van der Waals surface area contributed by atoms with Gasteiger partial charge in [0.05, 0.1) is 0 Å². The summed E-state index contributed by atoms with van der Waals surface area (Å²) in [4.78, 5) is 0. The Labute approximate surface area is 136 Å². The summed E-state index contributed by atoms with van der Waals surface area (Å²) < 4.78 is 0. The van der Waals surface area contributed by atoms with Crippen LogP contribution in [0.25, 0.3) is 6.08 Å². The molecule has 116 valence electrons. The zero-order valence-corrected chi connectivity index (χ0v) is 13.8. The van der Waals surface area contributed by atoms with Crippen molar-refractivity contribution >= 4 is 12.8 Å². The Morgan fingerprint density at radius 2 is 1.64 bits per heavy atom. The van der Waals surface area contributed by atoms with Crippen molar-refractivity contribution in [3.05, 3.63) is 41.5 Å². The highest BCUT2D eigenvalue weighted by Gasteiger charge is 2.38. The smallest absolute Gasteiger partial charge is 0.0764 e. The summed E-state index contributed by atoms with van der Waals surface area (Å²) in [5.74, 6) is 2.89. The number of hydrogen-bond acceptors (Lipinski definition) is 0. The minimum absolute atomic E-state index is 0.696. The Balaban J connectivity index is 1.26. The maximum Gasteiger partial charge on any atom is 0.146 e. The third kappa shape index (κ3) is 2.92. The Hall–Kier alpha value is -0.975. The summed E-state index contributed by atoms with van der Waals surface area (Å²) in [7, 11) is 0. The van der Waals surface area contributed by atoms with Crippen LogP contribution in [0.4, 0.5) is 0 Å². The van der Waals surface area contributed by atoms with Gasteiger partial charge in [0.15, 0.2) is 0 Å². The number of unbranched alkanes of at least 4 members (excludes halogenated alkanes) is 1. The van der Waals surface area contributed by atoms with Gasteiger partial charge in [-0.1, -0.05) is 106 Å². The van der Waals surface area contributed by atoms with Gasteiger partial charge in [0, 0.05) is 5.92 Å². The minimum Gasteiger partial charge on any atom is -0.0764 e. The van der Waals surface area contributed by atoms with Crippen LogP contribution in [0.1, 0.15) is 74.8 Å². The van der Waals surface area contributed by atoms with Crippen molar-refractivity contribution in [3.8, 4) is 0 Å². The molecule has 1 unspecified atom stereocenters. The third-order valence-corrected chi connectivity index (χ3v) is 6.72. The van der Waals surface area contributed by atoms with Crippen LogP contribution in [0.3, 0.4) is 0 Å². The van der Waals surface area contributed by atoms with Crippen LogP contribution in [0, 0.1) is 0 Å². The summed E-state index contributed by atoms with van der Waals surface area (Å²) >= 11 is 0. The van der Waals surface area contributed by atoms with Crippen LogP contribution >= 0.6 is 0 Å². The lowest BCUT2D eigenvalue weighted by Gasteiger charge is -2.40. The zero-order valence-electron chi connectivity index (χ0n) is 13.8. The molecule has 0 amide bonds. The Morgan fingerprint density at radius 1 is 0.909 bits per heavy atom. The van der Waals surface area contributed by atoms with E-state index in [2.05, 4.69) is 36.4 Å². The van der Waals surface area contributed by atoms with Crippen LogP contribution in [0.15, 0.2) is 30.3 Å². The van der Waals surface area contributed by atoms with Gasteiger partial charge in [-0.15, -0.1) is 0 Å². The van der Waals surface area contributed by atoms with Gasteiger partial charge in [-0.25, -0.2) is 0 Å². The molecule has 2 heterocycles. The van der Waals surface area contributed by atoms with Crippen molar-refractivity contribution < 1.29 is 0 Å². The molecule has 2 saturated heterocycles. The molecule has 0 radical (unpaired) electrons. The summed E-state index contributed by atoms with van der Waals surface area (Å²) in [6.07, 6.45) is 19.7. The standard InChI is InChI=1S/C21H29B/c1-2-13-21-17(7-1)14-15-18(21)8-3-4-16-22-19-9-5-10-20(22)12-6-11-19/h1-2,7,13-15,18-20H,3-6,8-12,16H2. The molecule has 1 heteroatoms. The van der Waals surface area contributed by atoms with Crippen LogP contribution in [-0.2, 0) is 0 Å². The van der Waals surface area contributed by atoms with Crippen molar-refractivity contribution in [2.75, 3.05) is 0 Å². The van der Waals surface area contributed by atoms with Gasteiger partial charge in [-0.3, -0.25) is 0 Å². The lowest BCUT2D eigenvalue weighted by Crippen LogP contribution is -2.34. The van der Waals surface area contributed by atoms with Gasteiger partial charge in [-0.05, 0) is 17.5 Å². The molecule has 0 nitrogen and oxygen atoms in total. The monoisotopic (exact) mass is 292 g/mol. The maximum absolute atomic E-state index is 2.43. The molecule has 2 aliphatic heterocycles. The minimum atomic E-state index is 0.696. The first-order valence-electron chi connectivity index (χ1n) is 9.69. The average molecular weight is 292 g/mol. The van der Waals surface area contributed by atoms with E-state index in [0.29, 0.717) is 5.92 Å². The van der Waals surface area contributed by atoms with E-state index in [1.54, 1.807) is 31.2 Å². The second kappa shape index (κ2) is 6.65. The molecule has 1 aromatic rings. The average Bonchev–Trinajstić information content (AvgIpc) is 2.94. The van der Waals surface area contributed by atoms with Crippen molar-refractivity contribution in [2.45, 2.75) is 81.7 Å². The Kier molecular flexibility index (Phi) is 4.41. The summed E-state index contributed by atoms with van der Waals surface area (Å²) in [5, 5.41) is 0. The van der Waals surface area contributed by atoms with Crippen molar-refractivity contribution in [2.24, 2.45) is 0 Å². The van der Waals surface area contributed by atoms with E-state index >= 15 is 0 Å². The van der Waals surface area contributed by atoms with E-state index in [1.165, 1.54) is 44.0 Å². The van der Waals surface area contributed by atoms with E-state index in [-0.39, 0.29) is 0 Å². The first-order valence-corrected chi connectivity index (χ1v) is 9.69. The summed E-state index contributed by atoms with van der Waals surface area (Å²) in [6.45, 7) is 1.09. The lowest BCUT2D eigenvalue weighted by molar-refractivity contribution is 0.439. The topological polar surface area (TPSA) is 0 Å². The highest BCUT2D eigenvalue weighted by molar-refractivity contribution is 6.62. The normalized spacial score (nSPS) is 29.6. The van der Waals surface area contributed by atoms with E-state index in [9.17, 15) is 0 Å². The maximum atomic E-state index is 2.43. The van der Waals surface area contributed by atoms with E-state index in [4.69, 9.17) is 0 Å². The van der Waals surface area contributed by atoms with Crippen molar-refractivity contribution in [1.29, 1.82) is 0 Å². The molecule has 1 atom stereocenters. The fourth-order valence-corrected chi connectivity index (χ4v) is 5.61. The quantitative estimate of drug-likeness (QED) is 0.425. The fourth-order valence-electron chi connectivity index (χ4n) is 5.61. The predicted octanol–water partition coefficient (Wildman–Crippen LogP) is 6.57. The molecule has 0 spiro atoms. The molecule has 0 saturated carbocycles. The first-order chi connectivity index (χ1) is 10.9. The van der Waals surface area contributed by atoms with Gasteiger partial charge in [-0.2, -0.15) is 0 Å². The molecule has 3 aliphatic rings. The van der Waals surface area contributed by atoms with Gasteiger partial charge in [0.25, 0.3) is 0 Å². The lowest BCUT2D eigenvalue weighted by atomic mass is 9.26. The molecule has 2 bridgehead atoms. The SMILES string of the molecule is C1=CC(CCCCB2C3CCCC2CCC3)c2ccccc21. The Bertz CT molecular complexity index is 510. The van der Waals surface area contributed by atoms with Gasteiger partial charge >= 0.3 is 0 Å². The van der Waals surface area contributed by atoms with E-state index in [0.717, 1.165) is 18.3 Å². The second-order valence-electron chi connectivity index (χ2n) is 7.92. The highest BCUT2D eigenvalue weighted by atomic mass is 14.3. The van der Waals surface area contributed by atoms with E-state index < -0.39 is 0 Å². The molecule has 1 aromatic carbocycles. The molecule has 1 aliphatic carbocycles. The first kappa shape index (κ1) is 14.6. The second-order valence-corrected chi connectivity index (χ2v) is 7.92. The van der Waals surface area contributed by atoms with Crippen molar-refractivity contribution in [1.82, 2.24) is 0 Å². The number of rotatable bonds is 5. The molecular formula is C21H29B. The molecular weight excluding hydrogens is 263 g/mol. The van der Waals surface area contributed by atoms with Gasteiger partial charge < -0.3 is 0 Å². The molecule has 22 heavy (non-hydrogen) atoms. The molecule has 4 rings (SSSR count). The summed E-state index contributed by atoms with van der Waals surface area (Å²) in [6, 6.07) is 8.94. The van der Waals surface area contributed by atoms with Gasteiger partial charge in [0.2, 0.25) is 0 Å². The molecule has 0 N–H and O–H groups in total. The van der Waals surface area contributed by atoms with Crippen molar-refractivity contribution in [3.63, 3.8) is 0 Å². The molecule has 0 aromatic heterocycles. The number of benzene rings is 1. The number of hydrogen-bond donors (Lipinski definition) is 0. The van der Waals surface area contributed by atoms with E-state index in [1.807, 2.05) is 0 Å².